The van der Waals surface area contributed by atoms with Crippen LogP contribution >= 0.6 is 15.9 Å². The monoisotopic (exact) mass is 352 g/mol. The van der Waals surface area contributed by atoms with Gasteiger partial charge in [-0.2, -0.15) is 0 Å². The number of likely N-dealkylation sites (tertiary alicyclic amines) is 1. The van der Waals surface area contributed by atoms with Gasteiger partial charge in [-0.3, -0.25) is 4.90 Å². The molecule has 1 saturated heterocycles. The summed E-state index contributed by atoms with van der Waals surface area (Å²) >= 11 is 3.75. The van der Waals surface area contributed by atoms with Gasteiger partial charge in [-0.25, -0.2) is 0 Å². The molecule has 21 heavy (non-hydrogen) atoms. The molecule has 0 atom stereocenters. The second kappa shape index (κ2) is 7.75. The van der Waals surface area contributed by atoms with Crippen molar-refractivity contribution in [2.24, 2.45) is 5.41 Å². The fourth-order valence-electron chi connectivity index (χ4n) is 2.80. The zero-order valence-electron chi connectivity index (χ0n) is 13.7. The molecule has 0 aliphatic carbocycles. The molecule has 2 rings (SSSR count). The second-order valence-electron chi connectivity index (χ2n) is 7.04. The van der Waals surface area contributed by atoms with Crippen molar-refractivity contribution in [3.8, 4) is 0 Å². The lowest BCUT2D eigenvalue weighted by Crippen LogP contribution is -2.36. The van der Waals surface area contributed by atoms with Crippen molar-refractivity contribution < 1.29 is 0 Å². The summed E-state index contributed by atoms with van der Waals surface area (Å²) in [5, 5.41) is 3.46. The van der Waals surface area contributed by atoms with Crippen LogP contribution in [0.2, 0.25) is 0 Å². The molecule has 0 aromatic heterocycles. The van der Waals surface area contributed by atoms with Crippen molar-refractivity contribution in [1.29, 1.82) is 0 Å². The van der Waals surface area contributed by atoms with Gasteiger partial charge in [-0.1, -0.05) is 48.8 Å². The molecular formula is C18H29BrN2. The van der Waals surface area contributed by atoms with E-state index in [0.717, 1.165) is 19.6 Å². The van der Waals surface area contributed by atoms with Gasteiger partial charge in [-0.15, -0.1) is 0 Å². The normalized spacial score (nSPS) is 18.9. The molecule has 1 aliphatic rings. The third-order valence-electron chi connectivity index (χ3n) is 4.48. The minimum absolute atomic E-state index is 0.530. The van der Waals surface area contributed by atoms with Crippen molar-refractivity contribution in [2.75, 3.05) is 19.6 Å². The molecule has 1 aliphatic heterocycles. The molecule has 0 amide bonds. The van der Waals surface area contributed by atoms with Crippen molar-refractivity contribution in [3.63, 3.8) is 0 Å². The van der Waals surface area contributed by atoms with Gasteiger partial charge < -0.3 is 5.32 Å². The summed E-state index contributed by atoms with van der Waals surface area (Å²) in [7, 11) is 0. The third-order valence-corrected chi connectivity index (χ3v) is 5.22. The Morgan fingerprint density at radius 2 is 1.95 bits per heavy atom. The Balaban J connectivity index is 1.89. The minimum atomic E-state index is 0.530. The van der Waals surface area contributed by atoms with E-state index in [2.05, 4.69) is 65.1 Å². The molecule has 3 heteroatoms. The first-order valence-electron chi connectivity index (χ1n) is 8.20. The lowest BCUT2D eigenvalue weighted by atomic mass is 9.82. The fourth-order valence-corrected chi connectivity index (χ4v) is 3.35. The van der Waals surface area contributed by atoms with Gasteiger partial charge in [-0.05, 0) is 61.5 Å². The Hall–Kier alpha value is -0.380. The van der Waals surface area contributed by atoms with Crippen LogP contribution in [0.5, 0.6) is 0 Å². The van der Waals surface area contributed by atoms with Gasteiger partial charge in [0, 0.05) is 17.6 Å². The average molecular weight is 353 g/mol. The lowest BCUT2D eigenvalue weighted by Gasteiger charge is -2.37. The van der Waals surface area contributed by atoms with Gasteiger partial charge in [0.05, 0.1) is 0 Å². The predicted molar refractivity (Wildman–Crippen MR) is 94.4 cm³/mol. The predicted octanol–water partition coefficient (Wildman–Crippen LogP) is 4.57. The molecule has 1 heterocycles. The summed E-state index contributed by atoms with van der Waals surface area (Å²) in [6, 6.07) is 6.81. The number of rotatable bonds is 6. The number of nitrogens with one attached hydrogen (secondary N) is 1. The van der Waals surface area contributed by atoms with E-state index in [1.54, 1.807) is 0 Å². The maximum Gasteiger partial charge on any atom is 0.0244 e. The van der Waals surface area contributed by atoms with Gasteiger partial charge in [0.2, 0.25) is 0 Å². The quantitative estimate of drug-likeness (QED) is 0.754. The van der Waals surface area contributed by atoms with Crippen LogP contribution in [0.15, 0.2) is 22.7 Å². The number of piperidine rings is 1. The SMILES string of the molecule is CCCNCc1ccc(CN2CCC(C)(C)CC2)c(Br)c1. The number of halogens is 1. The van der Waals surface area contributed by atoms with Crippen molar-refractivity contribution in [3.05, 3.63) is 33.8 Å². The van der Waals surface area contributed by atoms with E-state index in [4.69, 9.17) is 0 Å². The van der Waals surface area contributed by atoms with Crippen LogP contribution in [0.1, 0.15) is 51.2 Å². The standard InChI is InChI=1S/C18H29BrN2/c1-4-9-20-13-15-5-6-16(17(19)12-15)14-21-10-7-18(2,3)8-11-21/h5-6,12,20H,4,7-11,13-14H2,1-3H3. The first-order valence-corrected chi connectivity index (χ1v) is 9.00. The molecule has 0 unspecified atom stereocenters. The van der Waals surface area contributed by atoms with E-state index in [-0.39, 0.29) is 0 Å². The summed E-state index contributed by atoms with van der Waals surface area (Å²) in [5.74, 6) is 0. The molecule has 1 fully saturated rings. The largest absolute Gasteiger partial charge is 0.313 e. The van der Waals surface area contributed by atoms with E-state index in [1.807, 2.05) is 0 Å². The zero-order valence-corrected chi connectivity index (χ0v) is 15.3. The van der Waals surface area contributed by atoms with E-state index < -0.39 is 0 Å². The summed E-state index contributed by atoms with van der Waals surface area (Å²) in [4.78, 5) is 2.58. The Bertz CT molecular complexity index is 447. The first kappa shape index (κ1) is 17.0. The molecule has 1 aromatic carbocycles. The molecular weight excluding hydrogens is 324 g/mol. The number of hydrogen-bond donors (Lipinski definition) is 1. The summed E-state index contributed by atoms with van der Waals surface area (Å²) in [6.45, 7) is 12.5. The van der Waals surface area contributed by atoms with Crippen LogP contribution in [-0.4, -0.2) is 24.5 Å². The molecule has 0 saturated carbocycles. The van der Waals surface area contributed by atoms with Gasteiger partial charge >= 0.3 is 0 Å². The highest BCUT2D eigenvalue weighted by atomic mass is 79.9. The number of hydrogen-bond acceptors (Lipinski definition) is 2. The van der Waals surface area contributed by atoms with E-state index >= 15 is 0 Å². The Morgan fingerprint density at radius 1 is 1.24 bits per heavy atom. The summed E-state index contributed by atoms with van der Waals surface area (Å²) < 4.78 is 1.25. The van der Waals surface area contributed by atoms with Crippen LogP contribution in [0.3, 0.4) is 0 Å². The van der Waals surface area contributed by atoms with Crippen LogP contribution in [0.4, 0.5) is 0 Å². The van der Waals surface area contributed by atoms with Gasteiger partial charge in [0.1, 0.15) is 0 Å². The maximum atomic E-state index is 3.75. The Morgan fingerprint density at radius 3 is 2.57 bits per heavy atom. The van der Waals surface area contributed by atoms with Gasteiger partial charge in [0.25, 0.3) is 0 Å². The van der Waals surface area contributed by atoms with Crippen molar-refractivity contribution in [2.45, 2.75) is 53.1 Å². The molecule has 118 valence electrons. The van der Waals surface area contributed by atoms with Crippen LogP contribution in [-0.2, 0) is 13.1 Å². The van der Waals surface area contributed by atoms with Crippen LogP contribution in [0, 0.1) is 5.41 Å². The molecule has 0 radical (unpaired) electrons. The van der Waals surface area contributed by atoms with Gasteiger partial charge in [0.15, 0.2) is 0 Å². The fraction of sp³-hybridized carbons (Fsp3) is 0.667. The molecule has 0 bridgehead atoms. The van der Waals surface area contributed by atoms with Crippen LogP contribution in [0.25, 0.3) is 0 Å². The minimum Gasteiger partial charge on any atom is -0.313 e. The third kappa shape index (κ3) is 5.39. The number of nitrogens with zero attached hydrogens (tertiary/aromatic N) is 1. The topological polar surface area (TPSA) is 15.3 Å². The highest BCUT2D eigenvalue weighted by molar-refractivity contribution is 9.10. The van der Waals surface area contributed by atoms with Crippen LogP contribution < -0.4 is 5.32 Å². The highest BCUT2D eigenvalue weighted by Crippen LogP contribution is 2.31. The zero-order chi connectivity index (χ0) is 15.3. The molecule has 2 nitrogen and oxygen atoms in total. The second-order valence-corrected chi connectivity index (χ2v) is 7.90. The average Bonchev–Trinajstić information content (AvgIpc) is 2.44. The highest BCUT2D eigenvalue weighted by Gasteiger charge is 2.25. The van der Waals surface area contributed by atoms with E-state index in [9.17, 15) is 0 Å². The Kier molecular flexibility index (Phi) is 6.27. The van der Waals surface area contributed by atoms with Crippen molar-refractivity contribution >= 4 is 15.9 Å². The molecule has 1 N–H and O–H groups in total. The first-order chi connectivity index (χ1) is 10.00. The van der Waals surface area contributed by atoms with E-state index in [1.165, 1.54) is 48.0 Å². The summed E-state index contributed by atoms with van der Waals surface area (Å²) in [5.41, 5.74) is 3.30. The lowest BCUT2D eigenvalue weighted by molar-refractivity contribution is 0.127. The van der Waals surface area contributed by atoms with Crippen molar-refractivity contribution in [1.82, 2.24) is 10.2 Å². The molecule has 1 aromatic rings. The molecule has 0 spiro atoms. The maximum absolute atomic E-state index is 3.75. The number of benzene rings is 1. The Labute approximate surface area is 138 Å². The summed E-state index contributed by atoms with van der Waals surface area (Å²) in [6.07, 6.45) is 3.80. The smallest absolute Gasteiger partial charge is 0.0244 e. The van der Waals surface area contributed by atoms with E-state index in [0.29, 0.717) is 5.41 Å².